The third-order valence-electron chi connectivity index (χ3n) is 2.38. The molecule has 0 radical (unpaired) electrons. The summed E-state index contributed by atoms with van der Waals surface area (Å²) in [7, 11) is 4.03. The first-order valence-electron chi connectivity index (χ1n) is 5.45. The molecule has 0 bridgehead atoms. The standard InChI is InChI=1S/C12H16N4O/c1-9-14-12(15-17-9)8-13-10-5-4-6-11(7-10)16(2)3/h4-7,13H,8H2,1-3H3. The predicted molar refractivity (Wildman–Crippen MR) is 67.1 cm³/mol. The van der Waals surface area contributed by atoms with Gasteiger partial charge in [-0.15, -0.1) is 0 Å². The summed E-state index contributed by atoms with van der Waals surface area (Å²) in [5.41, 5.74) is 2.19. The number of aromatic nitrogens is 2. The van der Waals surface area contributed by atoms with Crippen molar-refractivity contribution in [2.75, 3.05) is 24.3 Å². The van der Waals surface area contributed by atoms with Crippen molar-refractivity contribution in [3.8, 4) is 0 Å². The molecule has 2 aromatic rings. The molecule has 0 spiro atoms. The summed E-state index contributed by atoms with van der Waals surface area (Å²) in [5, 5.41) is 7.09. The maximum atomic E-state index is 4.91. The van der Waals surface area contributed by atoms with E-state index < -0.39 is 0 Å². The Kier molecular flexibility index (Phi) is 3.27. The Labute approximate surface area is 100 Å². The van der Waals surface area contributed by atoms with E-state index in [4.69, 9.17) is 4.52 Å². The average molecular weight is 232 g/mol. The summed E-state index contributed by atoms with van der Waals surface area (Å²) >= 11 is 0. The van der Waals surface area contributed by atoms with E-state index in [2.05, 4.69) is 32.5 Å². The molecule has 0 aliphatic rings. The zero-order chi connectivity index (χ0) is 12.3. The van der Waals surface area contributed by atoms with E-state index in [1.807, 2.05) is 26.2 Å². The van der Waals surface area contributed by atoms with Crippen molar-refractivity contribution in [2.45, 2.75) is 13.5 Å². The molecule has 1 aromatic carbocycles. The number of nitrogens with zero attached hydrogens (tertiary/aromatic N) is 3. The third-order valence-corrected chi connectivity index (χ3v) is 2.38. The van der Waals surface area contributed by atoms with Gasteiger partial charge in [0.05, 0.1) is 6.54 Å². The second-order valence-corrected chi connectivity index (χ2v) is 4.03. The summed E-state index contributed by atoms with van der Waals surface area (Å²) in [6.07, 6.45) is 0. The number of aryl methyl sites for hydroxylation is 1. The Morgan fingerprint density at radius 2 is 2.18 bits per heavy atom. The topological polar surface area (TPSA) is 54.2 Å². The molecule has 0 unspecified atom stereocenters. The molecule has 0 fully saturated rings. The first-order chi connectivity index (χ1) is 8.15. The van der Waals surface area contributed by atoms with Gasteiger partial charge in [0, 0.05) is 32.4 Å². The third kappa shape index (κ3) is 2.96. The molecule has 5 nitrogen and oxygen atoms in total. The molecule has 1 aromatic heterocycles. The van der Waals surface area contributed by atoms with Gasteiger partial charge in [-0.05, 0) is 18.2 Å². The Bertz CT molecular complexity index is 493. The Morgan fingerprint density at radius 1 is 1.35 bits per heavy atom. The quantitative estimate of drug-likeness (QED) is 0.874. The largest absolute Gasteiger partial charge is 0.378 e. The highest BCUT2D eigenvalue weighted by Crippen LogP contribution is 2.17. The van der Waals surface area contributed by atoms with Crippen molar-refractivity contribution >= 4 is 11.4 Å². The van der Waals surface area contributed by atoms with Gasteiger partial charge in [0.25, 0.3) is 0 Å². The molecule has 0 aliphatic heterocycles. The van der Waals surface area contributed by atoms with E-state index >= 15 is 0 Å². The molecule has 17 heavy (non-hydrogen) atoms. The van der Waals surface area contributed by atoms with Crippen molar-refractivity contribution in [1.82, 2.24) is 10.1 Å². The van der Waals surface area contributed by atoms with Crippen LogP contribution in [0.1, 0.15) is 11.7 Å². The highest BCUT2D eigenvalue weighted by Gasteiger charge is 2.02. The van der Waals surface area contributed by atoms with Crippen LogP contribution in [-0.2, 0) is 6.54 Å². The molecular formula is C12H16N4O. The van der Waals surface area contributed by atoms with Gasteiger partial charge < -0.3 is 14.7 Å². The zero-order valence-electron chi connectivity index (χ0n) is 10.3. The van der Waals surface area contributed by atoms with Crippen molar-refractivity contribution in [3.05, 3.63) is 36.0 Å². The van der Waals surface area contributed by atoms with E-state index in [0.717, 1.165) is 11.4 Å². The molecule has 0 saturated heterocycles. The second kappa shape index (κ2) is 4.86. The maximum Gasteiger partial charge on any atom is 0.223 e. The van der Waals surface area contributed by atoms with E-state index in [0.29, 0.717) is 18.3 Å². The molecule has 90 valence electrons. The highest BCUT2D eigenvalue weighted by molar-refractivity contribution is 5.57. The number of nitrogens with one attached hydrogen (secondary N) is 1. The average Bonchev–Trinajstić information content (AvgIpc) is 2.73. The first-order valence-corrected chi connectivity index (χ1v) is 5.45. The monoisotopic (exact) mass is 232 g/mol. The van der Waals surface area contributed by atoms with E-state index in [1.165, 1.54) is 0 Å². The van der Waals surface area contributed by atoms with Gasteiger partial charge in [-0.25, -0.2) is 0 Å². The van der Waals surface area contributed by atoms with Crippen LogP contribution in [0.5, 0.6) is 0 Å². The smallest absolute Gasteiger partial charge is 0.223 e. The predicted octanol–water partition coefficient (Wildman–Crippen LogP) is 2.06. The molecule has 0 saturated carbocycles. The molecule has 0 aliphatic carbocycles. The van der Waals surface area contributed by atoms with Gasteiger partial charge in [0.1, 0.15) is 0 Å². The van der Waals surface area contributed by atoms with Crippen LogP contribution in [0.25, 0.3) is 0 Å². The van der Waals surface area contributed by atoms with Gasteiger partial charge >= 0.3 is 0 Å². The number of anilines is 2. The summed E-state index contributed by atoms with van der Waals surface area (Å²) in [4.78, 5) is 6.19. The van der Waals surface area contributed by atoms with Crippen LogP contribution in [0.15, 0.2) is 28.8 Å². The lowest BCUT2D eigenvalue weighted by Gasteiger charge is -2.13. The number of rotatable bonds is 4. The van der Waals surface area contributed by atoms with Crippen LogP contribution in [-0.4, -0.2) is 24.2 Å². The summed E-state index contributed by atoms with van der Waals surface area (Å²) < 4.78 is 4.91. The molecule has 0 amide bonds. The van der Waals surface area contributed by atoms with Crippen LogP contribution in [0.3, 0.4) is 0 Å². The molecule has 0 atom stereocenters. The summed E-state index contributed by atoms with van der Waals surface area (Å²) in [6.45, 7) is 2.34. The molecule has 1 N–H and O–H groups in total. The molecule has 5 heteroatoms. The van der Waals surface area contributed by atoms with Gasteiger partial charge in [-0.3, -0.25) is 0 Å². The summed E-state index contributed by atoms with van der Waals surface area (Å²) in [5.74, 6) is 1.25. The molecule has 2 rings (SSSR count). The normalized spacial score (nSPS) is 10.3. The maximum absolute atomic E-state index is 4.91. The minimum Gasteiger partial charge on any atom is -0.378 e. The number of hydrogen-bond donors (Lipinski definition) is 1. The van der Waals surface area contributed by atoms with Gasteiger partial charge in [0.2, 0.25) is 5.89 Å². The van der Waals surface area contributed by atoms with E-state index in [1.54, 1.807) is 6.92 Å². The van der Waals surface area contributed by atoms with E-state index in [-0.39, 0.29) is 0 Å². The fourth-order valence-corrected chi connectivity index (χ4v) is 1.49. The number of benzene rings is 1. The number of hydrogen-bond acceptors (Lipinski definition) is 5. The fourth-order valence-electron chi connectivity index (χ4n) is 1.49. The second-order valence-electron chi connectivity index (χ2n) is 4.03. The van der Waals surface area contributed by atoms with Crippen LogP contribution in [0, 0.1) is 6.92 Å². The van der Waals surface area contributed by atoms with Crippen LogP contribution < -0.4 is 10.2 Å². The fraction of sp³-hybridized carbons (Fsp3) is 0.333. The summed E-state index contributed by atoms with van der Waals surface area (Å²) in [6, 6.07) is 8.16. The van der Waals surface area contributed by atoms with Crippen LogP contribution in [0.2, 0.25) is 0 Å². The molecular weight excluding hydrogens is 216 g/mol. The minimum absolute atomic E-state index is 0.564. The lowest BCUT2D eigenvalue weighted by molar-refractivity contribution is 0.388. The van der Waals surface area contributed by atoms with Crippen molar-refractivity contribution < 1.29 is 4.52 Å². The van der Waals surface area contributed by atoms with Crippen LogP contribution in [0.4, 0.5) is 11.4 Å². The lowest BCUT2D eigenvalue weighted by Crippen LogP contribution is -2.09. The van der Waals surface area contributed by atoms with Crippen molar-refractivity contribution in [3.63, 3.8) is 0 Å². The van der Waals surface area contributed by atoms with Gasteiger partial charge in [0.15, 0.2) is 5.82 Å². The first kappa shape index (κ1) is 11.4. The van der Waals surface area contributed by atoms with Gasteiger partial charge in [-0.2, -0.15) is 4.98 Å². The minimum atomic E-state index is 0.564. The Morgan fingerprint density at radius 3 is 2.82 bits per heavy atom. The lowest BCUT2D eigenvalue weighted by atomic mass is 10.2. The zero-order valence-corrected chi connectivity index (χ0v) is 10.3. The molecule has 1 heterocycles. The van der Waals surface area contributed by atoms with E-state index in [9.17, 15) is 0 Å². The highest BCUT2D eigenvalue weighted by atomic mass is 16.5. The van der Waals surface area contributed by atoms with Gasteiger partial charge in [-0.1, -0.05) is 11.2 Å². The van der Waals surface area contributed by atoms with Crippen LogP contribution >= 0.6 is 0 Å². The van der Waals surface area contributed by atoms with Crippen molar-refractivity contribution in [2.24, 2.45) is 0 Å². The SMILES string of the molecule is Cc1nc(CNc2cccc(N(C)C)c2)no1. The Balaban J connectivity index is 2.01. The Hall–Kier alpha value is -2.04. The van der Waals surface area contributed by atoms with Crippen molar-refractivity contribution in [1.29, 1.82) is 0 Å².